The van der Waals surface area contributed by atoms with Gasteiger partial charge in [0.25, 0.3) is 5.91 Å². The highest BCUT2D eigenvalue weighted by Crippen LogP contribution is 2.42. The van der Waals surface area contributed by atoms with Gasteiger partial charge in [0.1, 0.15) is 5.76 Å². The minimum atomic E-state index is -0.456. The van der Waals surface area contributed by atoms with Crippen molar-refractivity contribution in [1.29, 1.82) is 0 Å². The number of rotatable bonds is 5. The Kier molecular flexibility index (Phi) is 9.30. The zero-order valence-corrected chi connectivity index (χ0v) is 25.3. The van der Waals surface area contributed by atoms with E-state index in [2.05, 4.69) is 11.2 Å². The van der Waals surface area contributed by atoms with Crippen molar-refractivity contribution in [1.82, 2.24) is 10.1 Å². The first-order valence-electron chi connectivity index (χ1n) is 15.3. The Hall–Kier alpha value is -3.98. The van der Waals surface area contributed by atoms with E-state index in [-0.39, 0.29) is 23.9 Å². The summed E-state index contributed by atoms with van der Waals surface area (Å²) in [6.07, 6.45) is 6.82. The van der Waals surface area contributed by atoms with Crippen LogP contribution >= 0.6 is 0 Å². The van der Waals surface area contributed by atoms with E-state index in [0.29, 0.717) is 36.3 Å². The second kappa shape index (κ2) is 13.1. The molecule has 3 aliphatic rings. The van der Waals surface area contributed by atoms with Crippen molar-refractivity contribution in [3.05, 3.63) is 64.0 Å². The van der Waals surface area contributed by atoms with Crippen molar-refractivity contribution in [3.8, 4) is 22.3 Å². The molecule has 9 heteroatoms. The van der Waals surface area contributed by atoms with Crippen LogP contribution in [0.4, 0.5) is 0 Å². The van der Waals surface area contributed by atoms with Crippen LogP contribution in [0.15, 0.2) is 34.9 Å². The largest absolute Gasteiger partial charge is 0.466 e. The first-order chi connectivity index (χ1) is 20.7. The molecule has 43 heavy (non-hydrogen) atoms. The highest BCUT2D eigenvalue weighted by molar-refractivity contribution is 6.01. The maximum Gasteiger partial charge on any atom is 0.309 e. The predicted octanol–water partition coefficient (Wildman–Crippen LogP) is 5.36. The van der Waals surface area contributed by atoms with Crippen molar-refractivity contribution in [3.63, 3.8) is 0 Å². The zero-order valence-electron chi connectivity index (χ0n) is 25.3. The van der Waals surface area contributed by atoms with Crippen LogP contribution in [0, 0.1) is 19.8 Å². The summed E-state index contributed by atoms with van der Waals surface area (Å²) in [7, 11) is 0. The molecule has 1 aromatic heterocycles. The highest BCUT2D eigenvalue weighted by atomic mass is 16.5. The highest BCUT2D eigenvalue weighted by Gasteiger charge is 2.28. The number of aliphatic hydroxyl groups is 1. The summed E-state index contributed by atoms with van der Waals surface area (Å²) in [5.74, 6) is 0.130. The number of fused-ring (bicyclic) bond motifs is 3. The van der Waals surface area contributed by atoms with Gasteiger partial charge in [-0.15, -0.1) is 0 Å². The Morgan fingerprint density at radius 3 is 2.47 bits per heavy atom. The molecular formula is C34H41N3O6. The molecule has 2 unspecified atom stereocenters. The van der Waals surface area contributed by atoms with Gasteiger partial charge in [-0.3, -0.25) is 14.4 Å². The van der Waals surface area contributed by atoms with E-state index in [0.717, 1.165) is 84.3 Å². The minimum absolute atomic E-state index is 0.0614. The average Bonchev–Trinajstić information content (AvgIpc) is 3.55. The molecule has 1 saturated carbocycles. The number of hydrogen-bond donors (Lipinski definition) is 2. The van der Waals surface area contributed by atoms with Gasteiger partial charge in [0.2, 0.25) is 5.91 Å². The number of nitrogens with two attached hydrogens (primary N) is 1. The summed E-state index contributed by atoms with van der Waals surface area (Å²) in [4.78, 5) is 38.4. The smallest absolute Gasteiger partial charge is 0.309 e. The molecular weight excluding hydrogens is 546 g/mol. The van der Waals surface area contributed by atoms with Gasteiger partial charge in [-0.1, -0.05) is 17.6 Å². The van der Waals surface area contributed by atoms with E-state index in [1.54, 1.807) is 6.92 Å². The molecule has 9 nitrogen and oxygen atoms in total. The lowest BCUT2D eigenvalue weighted by Gasteiger charge is -2.26. The number of ether oxygens (including phenoxy) is 1. The molecule has 0 spiro atoms. The van der Waals surface area contributed by atoms with Crippen LogP contribution in [-0.2, 0) is 16.0 Å². The summed E-state index contributed by atoms with van der Waals surface area (Å²) in [5.41, 5.74) is 13.5. The molecule has 3 N–H and O–H groups in total. The Morgan fingerprint density at radius 2 is 1.81 bits per heavy atom. The number of primary amides is 1. The number of hydrogen-bond acceptors (Lipinski definition) is 7. The number of benzene rings is 2. The van der Waals surface area contributed by atoms with E-state index < -0.39 is 5.91 Å². The second-order valence-corrected chi connectivity index (χ2v) is 11.8. The zero-order chi connectivity index (χ0) is 30.7. The average molecular weight is 588 g/mol. The topological polar surface area (TPSA) is 136 Å². The van der Waals surface area contributed by atoms with Crippen LogP contribution in [0.2, 0.25) is 0 Å². The standard InChI is InChI=1S/C25H25N3O3.C9H16O3/c1-14-23(15(2)31-27-14)18-12-20-19-7-6-16(25(30)28-8-4-3-5-9-28)10-17(19)11-21(20)22(13-18)24(26)29;1-2-12-9(11)7-4-3-5-8(10)6-7/h6-7,10,12-13H,3-5,8-9,11H2,1-2H3,(H2,26,29);7-8,10H,2-6H2,1H3. The lowest BCUT2D eigenvalue weighted by atomic mass is 9.87. The second-order valence-electron chi connectivity index (χ2n) is 11.8. The molecule has 2 heterocycles. The summed E-state index contributed by atoms with van der Waals surface area (Å²) in [6, 6.07) is 9.79. The van der Waals surface area contributed by atoms with E-state index in [4.69, 9.17) is 15.0 Å². The quantitative estimate of drug-likeness (QED) is 0.300. The number of carbonyl (C=O) groups is 3. The molecule has 1 saturated heterocycles. The molecule has 0 bridgehead atoms. The number of amides is 2. The van der Waals surface area contributed by atoms with E-state index in [1.807, 2.05) is 43.0 Å². The van der Waals surface area contributed by atoms with Crippen LogP contribution in [0.1, 0.15) is 95.2 Å². The number of carbonyl (C=O) groups excluding carboxylic acids is 3. The van der Waals surface area contributed by atoms with Crippen LogP contribution in [0.3, 0.4) is 0 Å². The minimum Gasteiger partial charge on any atom is -0.466 e. The lowest BCUT2D eigenvalue weighted by molar-refractivity contribution is -0.150. The number of likely N-dealkylation sites (tertiary alicyclic amines) is 1. The molecule has 228 valence electrons. The fourth-order valence-electron chi connectivity index (χ4n) is 6.61. The van der Waals surface area contributed by atoms with Crippen molar-refractivity contribution < 1.29 is 28.8 Å². The SMILES string of the molecule is CCOC(=O)C1CCCC(O)C1.Cc1noc(C)c1-c1cc(C(N)=O)c2c(c1)-c1ccc(C(=O)N3CCCCC3)cc1C2. The van der Waals surface area contributed by atoms with Crippen molar-refractivity contribution in [2.75, 3.05) is 19.7 Å². The molecule has 2 aromatic carbocycles. The maximum atomic E-state index is 13.0. The first kappa shape index (κ1) is 30.5. The number of aliphatic hydroxyl groups excluding tert-OH is 1. The van der Waals surface area contributed by atoms with Gasteiger partial charge >= 0.3 is 5.97 Å². The summed E-state index contributed by atoms with van der Waals surface area (Å²) < 4.78 is 10.2. The van der Waals surface area contributed by atoms with Crippen LogP contribution in [-0.4, -0.2) is 58.7 Å². The Labute approximate surface area is 252 Å². The van der Waals surface area contributed by atoms with Gasteiger partial charge in [-0.25, -0.2) is 0 Å². The van der Waals surface area contributed by atoms with Crippen molar-refractivity contribution in [2.24, 2.45) is 11.7 Å². The number of aromatic nitrogens is 1. The number of piperidine rings is 1. The Balaban J connectivity index is 0.000000259. The first-order valence-corrected chi connectivity index (χ1v) is 15.3. The molecule has 3 aromatic rings. The summed E-state index contributed by atoms with van der Waals surface area (Å²) in [6.45, 7) is 7.63. The van der Waals surface area contributed by atoms with Gasteiger partial charge in [0.05, 0.1) is 24.3 Å². The molecule has 2 atom stereocenters. The molecule has 2 amide bonds. The Morgan fingerprint density at radius 1 is 1.05 bits per heavy atom. The van der Waals surface area contributed by atoms with Gasteiger partial charge in [0, 0.05) is 29.8 Å². The van der Waals surface area contributed by atoms with Gasteiger partial charge < -0.3 is 25.0 Å². The van der Waals surface area contributed by atoms with E-state index in [1.165, 1.54) is 6.42 Å². The third-order valence-electron chi connectivity index (χ3n) is 8.76. The molecule has 0 radical (unpaired) electrons. The lowest BCUT2D eigenvalue weighted by Crippen LogP contribution is -2.35. The van der Waals surface area contributed by atoms with Crippen molar-refractivity contribution in [2.45, 2.75) is 78.2 Å². The number of nitrogens with zero attached hydrogens (tertiary/aromatic N) is 2. The Bertz CT molecular complexity index is 1500. The van der Waals surface area contributed by atoms with E-state index >= 15 is 0 Å². The maximum absolute atomic E-state index is 13.0. The molecule has 6 rings (SSSR count). The van der Waals surface area contributed by atoms with Crippen LogP contribution in [0.5, 0.6) is 0 Å². The molecule has 2 aliphatic carbocycles. The van der Waals surface area contributed by atoms with Gasteiger partial charge in [-0.05, 0) is 118 Å². The van der Waals surface area contributed by atoms with Crippen molar-refractivity contribution >= 4 is 17.8 Å². The number of aryl methyl sites for hydroxylation is 2. The third kappa shape index (κ3) is 6.51. The molecule has 1 aliphatic heterocycles. The monoisotopic (exact) mass is 587 g/mol. The van der Waals surface area contributed by atoms with E-state index in [9.17, 15) is 19.5 Å². The third-order valence-corrected chi connectivity index (χ3v) is 8.76. The van der Waals surface area contributed by atoms with Gasteiger partial charge in [0.15, 0.2) is 0 Å². The number of esters is 1. The predicted molar refractivity (Wildman–Crippen MR) is 163 cm³/mol. The van der Waals surface area contributed by atoms with Crippen LogP contribution in [0.25, 0.3) is 22.3 Å². The van der Waals surface area contributed by atoms with Crippen LogP contribution < -0.4 is 5.73 Å². The normalized spacial score (nSPS) is 19.1. The fourth-order valence-corrected chi connectivity index (χ4v) is 6.61. The summed E-state index contributed by atoms with van der Waals surface area (Å²) >= 11 is 0. The van der Waals surface area contributed by atoms with Gasteiger partial charge in [-0.2, -0.15) is 0 Å². The summed E-state index contributed by atoms with van der Waals surface area (Å²) in [5, 5.41) is 13.3. The fraction of sp³-hybridized carbons (Fsp3) is 0.471. The molecule has 2 fully saturated rings.